The van der Waals surface area contributed by atoms with Crippen LogP contribution >= 0.6 is 0 Å². The summed E-state index contributed by atoms with van der Waals surface area (Å²) in [5, 5.41) is 0. The highest BCUT2D eigenvalue weighted by molar-refractivity contribution is 5.43. The van der Waals surface area contributed by atoms with Crippen molar-refractivity contribution in [3.05, 3.63) is 35.4 Å². The highest BCUT2D eigenvalue weighted by Crippen LogP contribution is 2.45. The maximum Gasteiger partial charge on any atom is 0.126 e. The van der Waals surface area contributed by atoms with Crippen LogP contribution in [0.5, 0.6) is 11.5 Å². The lowest BCUT2D eigenvalue weighted by Crippen LogP contribution is -2.12. The van der Waals surface area contributed by atoms with Crippen molar-refractivity contribution in [3.63, 3.8) is 0 Å². The molecule has 2 aliphatic rings. The molecule has 0 spiro atoms. The van der Waals surface area contributed by atoms with E-state index >= 15 is 0 Å². The lowest BCUT2D eigenvalue weighted by molar-refractivity contribution is 0.253. The van der Waals surface area contributed by atoms with Gasteiger partial charge in [-0.2, -0.15) is 0 Å². The minimum absolute atomic E-state index is 0.179. The minimum atomic E-state index is 0.179. The van der Waals surface area contributed by atoms with Gasteiger partial charge in [0.2, 0.25) is 0 Å². The molecule has 0 radical (unpaired) electrons. The first kappa shape index (κ1) is 17.3. The van der Waals surface area contributed by atoms with Crippen molar-refractivity contribution in [2.75, 3.05) is 6.61 Å². The van der Waals surface area contributed by atoms with E-state index < -0.39 is 0 Å². The molecule has 2 unspecified atom stereocenters. The van der Waals surface area contributed by atoms with Crippen molar-refractivity contribution in [2.24, 2.45) is 0 Å². The van der Waals surface area contributed by atoms with Crippen LogP contribution in [0.1, 0.15) is 58.9 Å². The molecule has 0 bridgehead atoms. The SMILES string of the molecule is CCC1(CC)OC1CCC(C)=CCOc1ccc2c(c1)OC(C)C2. The molecule has 3 rings (SSSR count). The molecule has 2 heterocycles. The van der Waals surface area contributed by atoms with Crippen molar-refractivity contribution in [2.45, 2.75) is 77.6 Å². The summed E-state index contributed by atoms with van der Waals surface area (Å²) in [6.07, 6.45) is 8.36. The van der Waals surface area contributed by atoms with Gasteiger partial charge in [-0.1, -0.05) is 25.5 Å². The van der Waals surface area contributed by atoms with Gasteiger partial charge in [-0.05, 0) is 57.2 Å². The Bertz CT molecular complexity index is 601. The number of hydrogen-bond acceptors (Lipinski definition) is 3. The van der Waals surface area contributed by atoms with Crippen LogP contribution in [0.15, 0.2) is 29.8 Å². The van der Waals surface area contributed by atoms with Gasteiger partial charge in [-0.15, -0.1) is 0 Å². The summed E-state index contributed by atoms with van der Waals surface area (Å²) >= 11 is 0. The summed E-state index contributed by atoms with van der Waals surface area (Å²) in [6, 6.07) is 6.17. The normalized spacial score (nSPS) is 24.4. The summed E-state index contributed by atoms with van der Waals surface area (Å²) < 4.78 is 17.5. The Labute approximate surface area is 146 Å². The van der Waals surface area contributed by atoms with Gasteiger partial charge in [0.25, 0.3) is 0 Å². The van der Waals surface area contributed by atoms with Crippen LogP contribution in [0, 0.1) is 0 Å². The molecule has 2 aliphatic heterocycles. The molecule has 24 heavy (non-hydrogen) atoms. The third-order valence-electron chi connectivity index (χ3n) is 5.46. The van der Waals surface area contributed by atoms with E-state index in [1.165, 1.54) is 11.1 Å². The third-order valence-corrected chi connectivity index (χ3v) is 5.46. The summed E-state index contributed by atoms with van der Waals surface area (Å²) in [4.78, 5) is 0. The molecule has 1 aromatic carbocycles. The van der Waals surface area contributed by atoms with E-state index in [4.69, 9.17) is 14.2 Å². The second-order valence-electron chi connectivity index (χ2n) is 7.18. The number of hydrogen-bond donors (Lipinski definition) is 0. The van der Waals surface area contributed by atoms with E-state index in [1.54, 1.807) is 0 Å². The number of benzene rings is 1. The van der Waals surface area contributed by atoms with Crippen molar-refractivity contribution < 1.29 is 14.2 Å². The lowest BCUT2D eigenvalue weighted by atomic mass is 9.95. The van der Waals surface area contributed by atoms with Crippen LogP contribution < -0.4 is 9.47 Å². The van der Waals surface area contributed by atoms with Crippen LogP contribution in [0.3, 0.4) is 0 Å². The number of allylic oxidation sites excluding steroid dienone is 1. The van der Waals surface area contributed by atoms with Crippen molar-refractivity contribution in [1.82, 2.24) is 0 Å². The van der Waals surface area contributed by atoms with Crippen LogP contribution in [0.4, 0.5) is 0 Å². The third kappa shape index (κ3) is 3.77. The van der Waals surface area contributed by atoms with Crippen molar-refractivity contribution in [1.29, 1.82) is 0 Å². The van der Waals surface area contributed by atoms with Gasteiger partial charge in [0.05, 0.1) is 11.7 Å². The van der Waals surface area contributed by atoms with Gasteiger partial charge in [0, 0.05) is 12.5 Å². The maximum absolute atomic E-state index is 5.91. The highest BCUT2D eigenvalue weighted by atomic mass is 16.6. The fourth-order valence-corrected chi connectivity index (χ4v) is 3.66. The molecule has 1 aromatic rings. The van der Waals surface area contributed by atoms with Gasteiger partial charge >= 0.3 is 0 Å². The summed E-state index contributed by atoms with van der Waals surface area (Å²) in [6.45, 7) is 9.33. The Kier molecular flexibility index (Phi) is 5.19. The minimum Gasteiger partial charge on any atom is -0.490 e. The fraction of sp³-hybridized carbons (Fsp3) is 0.619. The van der Waals surface area contributed by atoms with Crippen LogP contribution in [-0.2, 0) is 11.2 Å². The Morgan fingerprint density at radius 3 is 2.83 bits per heavy atom. The number of fused-ring (bicyclic) bond motifs is 1. The lowest BCUT2D eigenvalue weighted by Gasteiger charge is -2.08. The summed E-state index contributed by atoms with van der Waals surface area (Å²) in [7, 11) is 0. The van der Waals surface area contributed by atoms with E-state index in [0.29, 0.717) is 12.7 Å². The molecule has 3 nitrogen and oxygen atoms in total. The zero-order valence-electron chi connectivity index (χ0n) is 15.4. The van der Waals surface area contributed by atoms with E-state index in [0.717, 1.165) is 43.6 Å². The van der Waals surface area contributed by atoms with E-state index in [2.05, 4.69) is 39.8 Å². The van der Waals surface area contributed by atoms with E-state index in [1.807, 2.05) is 12.1 Å². The van der Waals surface area contributed by atoms with E-state index in [9.17, 15) is 0 Å². The first-order valence-electron chi connectivity index (χ1n) is 9.32. The predicted octanol–water partition coefficient (Wildman–Crippen LogP) is 5.07. The molecular weight excluding hydrogens is 300 g/mol. The zero-order chi connectivity index (χ0) is 17.2. The Morgan fingerprint density at radius 1 is 1.33 bits per heavy atom. The molecule has 1 fully saturated rings. The average Bonchev–Trinajstić information content (AvgIpc) is 3.17. The Morgan fingerprint density at radius 2 is 2.12 bits per heavy atom. The van der Waals surface area contributed by atoms with Gasteiger partial charge in [0.15, 0.2) is 0 Å². The van der Waals surface area contributed by atoms with Gasteiger partial charge < -0.3 is 14.2 Å². The van der Waals surface area contributed by atoms with Gasteiger partial charge in [-0.25, -0.2) is 0 Å². The number of ether oxygens (including phenoxy) is 3. The van der Waals surface area contributed by atoms with E-state index in [-0.39, 0.29) is 11.7 Å². The first-order chi connectivity index (χ1) is 11.6. The maximum atomic E-state index is 5.91. The molecule has 0 aromatic heterocycles. The molecule has 132 valence electrons. The standard InChI is InChI=1S/C21H30O3/c1-5-21(6-2)20(24-21)10-7-15(3)11-12-22-18-9-8-17-13-16(4)23-19(17)14-18/h8-9,11,14,16,20H,5-7,10,12-13H2,1-4H3. The molecule has 0 aliphatic carbocycles. The Hall–Kier alpha value is -1.48. The molecule has 0 amide bonds. The number of rotatable bonds is 8. The molecule has 3 heteroatoms. The quantitative estimate of drug-likeness (QED) is 0.492. The zero-order valence-corrected chi connectivity index (χ0v) is 15.4. The molecule has 0 saturated carbocycles. The van der Waals surface area contributed by atoms with Crippen molar-refractivity contribution in [3.8, 4) is 11.5 Å². The molecular formula is C21H30O3. The largest absolute Gasteiger partial charge is 0.490 e. The Balaban J connectivity index is 1.42. The van der Waals surface area contributed by atoms with Crippen LogP contribution in [0.2, 0.25) is 0 Å². The van der Waals surface area contributed by atoms with Crippen LogP contribution in [0.25, 0.3) is 0 Å². The summed E-state index contributed by atoms with van der Waals surface area (Å²) in [5.41, 5.74) is 2.83. The molecule has 1 saturated heterocycles. The van der Waals surface area contributed by atoms with Gasteiger partial charge in [-0.3, -0.25) is 0 Å². The number of epoxide rings is 1. The highest BCUT2D eigenvalue weighted by Gasteiger charge is 2.52. The first-order valence-corrected chi connectivity index (χ1v) is 9.32. The fourth-order valence-electron chi connectivity index (χ4n) is 3.66. The molecule has 0 N–H and O–H groups in total. The second-order valence-corrected chi connectivity index (χ2v) is 7.18. The summed E-state index contributed by atoms with van der Waals surface area (Å²) in [5.74, 6) is 1.86. The smallest absolute Gasteiger partial charge is 0.126 e. The second kappa shape index (κ2) is 7.18. The van der Waals surface area contributed by atoms with Crippen LogP contribution in [-0.4, -0.2) is 24.4 Å². The van der Waals surface area contributed by atoms with Gasteiger partial charge in [0.1, 0.15) is 24.2 Å². The van der Waals surface area contributed by atoms with Crippen molar-refractivity contribution >= 4 is 0 Å². The monoisotopic (exact) mass is 330 g/mol. The topological polar surface area (TPSA) is 31.0 Å². The average molecular weight is 330 g/mol. The molecule has 2 atom stereocenters. The predicted molar refractivity (Wildman–Crippen MR) is 96.9 cm³/mol.